The molecule has 0 aromatic heterocycles. The molecule has 18 heavy (non-hydrogen) atoms. The van der Waals surface area contributed by atoms with E-state index in [4.69, 9.17) is 9.47 Å². The van der Waals surface area contributed by atoms with E-state index in [1.165, 1.54) is 12.8 Å². The minimum atomic E-state index is 0.592. The lowest BCUT2D eigenvalue weighted by Gasteiger charge is -2.39. The number of methoxy groups -OCH3 is 2. The van der Waals surface area contributed by atoms with Crippen LogP contribution in [-0.4, -0.2) is 20.3 Å². The third-order valence-electron chi connectivity index (χ3n) is 3.84. The van der Waals surface area contributed by atoms with Crippen LogP contribution in [-0.2, 0) is 0 Å². The standard InChI is InChI=1S/C15H23NO2/c1-10(2)11-5-12(6-11)16-13-7-14(17-3)9-15(8-13)18-4/h7-12,16H,5-6H2,1-4H3. The van der Waals surface area contributed by atoms with Gasteiger partial charge in [0.05, 0.1) is 14.2 Å². The zero-order valence-corrected chi connectivity index (χ0v) is 11.7. The summed E-state index contributed by atoms with van der Waals surface area (Å²) < 4.78 is 10.5. The average molecular weight is 249 g/mol. The van der Waals surface area contributed by atoms with E-state index in [1.807, 2.05) is 18.2 Å². The van der Waals surface area contributed by atoms with Gasteiger partial charge in [0.15, 0.2) is 0 Å². The van der Waals surface area contributed by atoms with Crippen LogP contribution in [0.1, 0.15) is 26.7 Å². The van der Waals surface area contributed by atoms with Crippen molar-refractivity contribution in [3.63, 3.8) is 0 Å². The first-order valence-corrected chi connectivity index (χ1v) is 6.62. The van der Waals surface area contributed by atoms with Crippen LogP contribution in [0.5, 0.6) is 11.5 Å². The van der Waals surface area contributed by atoms with Gasteiger partial charge in [-0.1, -0.05) is 13.8 Å². The van der Waals surface area contributed by atoms with E-state index in [1.54, 1.807) is 14.2 Å². The fourth-order valence-corrected chi connectivity index (χ4v) is 2.45. The summed E-state index contributed by atoms with van der Waals surface area (Å²) in [6.45, 7) is 4.60. The first-order chi connectivity index (χ1) is 8.62. The molecule has 1 aromatic carbocycles. The molecule has 0 spiro atoms. The fourth-order valence-electron chi connectivity index (χ4n) is 2.45. The van der Waals surface area contributed by atoms with E-state index in [0.717, 1.165) is 29.0 Å². The summed E-state index contributed by atoms with van der Waals surface area (Å²) in [5.41, 5.74) is 1.08. The highest BCUT2D eigenvalue weighted by atomic mass is 16.5. The van der Waals surface area contributed by atoms with E-state index in [-0.39, 0.29) is 0 Å². The van der Waals surface area contributed by atoms with Gasteiger partial charge in [-0.3, -0.25) is 0 Å². The Kier molecular flexibility index (Phi) is 4.00. The molecular weight excluding hydrogens is 226 g/mol. The molecule has 1 saturated carbocycles. The van der Waals surface area contributed by atoms with E-state index in [0.29, 0.717) is 6.04 Å². The monoisotopic (exact) mass is 249 g/mol. The topological polar surface area (TPSA) is 30.5 Å². The van der Waals surface area contributed by atoms with Crippen molar-refractivity contribution < 1.29 is 9.47 Å². The second-order valence-corrected chi connectivity index (χ2v) is 5.42. The molecule has 0 aliphatic heterocycles. The van der Waals surface area contributed by atoms with Crippen molar-refractivity contribution in [1.29, 1.82) is 0 Å². The van der Waals surface area contributed by atoms with Gasteiger partial charge in [0.1, 0.15) is 11.5 Å². The lowest BCUT2D eigenvalue weighted by atomic mass is 9.73. The van der Waals surface area contributed by atoms with Crippen molar-refractivity contribution in [2.24, 2.45) is 11.8 Å². The molecule has 1 aliphatic carbocycles. The fraction of sp³-hybridized carbons (Fsp3) is 0.600. The largest absolute Gasteiger partial charge is 0.497 e. The first kappa shape index (κ1) is 13.1. The summed E-state index contributed by atoms with van der Waals surface area (Å²) in [7, 11) is 3.35. The highest BCUT2D eigenvalue weighted by Crippen LogP contribution is 2.36. The van der Waals surface area contributed by atoms with E-state index in [2.05, 4.69) is 19.2 Å². The lowest BCUT2D eigenvalue weighted by molar-refractivity contribution is 0.212. The number of ether oxygens (including phenoxy) is 2. The second-order valence-electron chi connectivity index (χ2n) is 5.42. The zero-order chi connectivity index (χ0) is 13.1. The molecule has 3 nitrogen and oxygen atoms in total. The first-order valence-electron chi connectivity index (χ1n) is 6.62. The molecule has 0 atom stereocenters. The van der Waals surface area contributed by atoms with Crippen LogP contribution in [0.2, 0.25) is 0 Å². The number of hydrogen-bond acceptors (Lipinski definition) is 3. The Morgan fingerprint density at radius 2 is 1.61 bits per heavy atom. The molecule has 1 N–H and O–H groups in total. The number of nitrogens with one attached hydrogen (secondary N) is 1. The maximum Gasteiger partial charge on any atom is 0.124 e. The van der Waals surface area contributed by atoms with Crippen molar-refractivity contribution in [3.8, 4) is 11.5 Å². The molecule has 0 amide bonds. The third-order valence-corrected chi connectivity index (χ3v) is 3.84. The van der Waals surface area contributed by atoms with Gasteiger partial charge in [-0.15, -0.1) is 0 Å². The molecule has 0 unspecified atom stereocenters. The Balaban J connectivity index is 1.97. The summed E-state index contributed by atoms with van der Waals surface area (Å²) in [6, 6.07) is 6.52. The number of hydrogen-bond donors (Lipinski definition) is 1. The van der Waals surface area contributed by atoms with E-state index < -0.39 is 0 Å². The third kappa shape index (κ3) is 2.89. The molecule has 1 aliphatic rings. The van der Waals surface area contributed by atoms with Crippen LogP contribution < -0.4 is 14.8 Å². The summed E-state index contributed by atoms with van der Waals surface area (Å²) >= 11 is 0. The van der Waals surface area contributed by atoms with Gasteiger partial charge in [-0.2, -0.15) is 0 Å². The second kappa shape index (κ2) is 5.51. The summed E-state index contributed by atoms with van der Waals surface area (Å²) in [4.78, 5) is 0. The average Bonchev–Trinajstić information content (AvgIpc) is 2.32. The predicted molar refractivity (Wildman–Crippen MR) is 74.5 cm³/mol. The molecule has 2 rings (SSSR count). The van der Waals surface area contributed by atoms with Crippen LogP contribution in [0, 0.1) is 11.8 Å². The maximum absolute atomic E-state index is 5.27. The number of benzene rings is 1. The molecular formula is C15H23NO2. The van der Waals surface area contributed by atoms with E-state index in [9.17, 15) is 0 Å². The lowest BCUT2D eigenvalue weighted by Crippen LogP contribution is -2.37. The smallest absolute Gasteiger partial charge is 0.124 e. The van der Waals surface area contributed by atoms with Gasteiger partial charge >= 0.3 is 0 Å². The van der Waals surface area contributed by atoms with Crippen LogP contribution in [0.4, 0.5) is 5.69 Å². The van der Waals surface area contributed by atoms with Gasteiger partial charge in [0.2, 0.25) is 0 Å². The Hall–Kier alpha value is -1.38. The molecule has 1 fully saturated rings. The molecule has 0 radical (unpaired) electrons. The zero-order valence-electron chi connectivity index (χ0n) is 11.7. The van der Waals surface area contributed by atoms with Gasteiger partial charge in [-0.25, -0.2) is 0 Å². The Morgan fingerprint density at radius 3 is 2.06 bits per heavy atom. The molecule has 0 heterocycles. The van der Waals surface area contributed by atoms with Gasteiger partial charge in [0.25, 0.3) is 0 Å². The molecule has 100 valence electrons. The van der Waals surface area contributed by atoms with Crippen LogP contribution in [0.15, 0.2) is 18.2 Å². The van der Waals surface area contributed by atoms with Crippen molar-refractivity contribution >= 4 is 5.69 Å². The normalized spacial score (nSPS) is 22.5. The highest BCUT2D eigenvalue weighted by molar-refractivity contribution is 5.54. The minimum Gasteiger partial charge on any atom is -0.497 e. The van der Waals surface area contributed by atoms with Gasteiger partial charge < -0.3 is 14.8 Å². The highest BCUT2D eigenvalue weighted by Gasteiger charge is 2.30. The number of anilines is 1. The summed E-state index contributed by atoms with van der Waals surface area (Å²) in [5, 5.41) is 3.55. The number of rotatable bonds is 5. The summed E-state index contributed by atoms with van der Waals surface area (Å²) in [6.07, 6.45) is 2.52. The van der Waals surface area contributed by atoms with Crippen LogP contribution >= 0.6 is 0 Å². The van der Waals surface area contributed by atoms with Gasteiger partial charge in [0, 0.05) is 29.9 Å². The maximum atomic E-state index is 5.27. The van der Waals surface area contributed by atoms with Crippen LogP contribution in [0.3, 0.4) is 0 Å². The predicted octanol–water partition coefficient (Wildman–Crippen LogP) is 3.55. The summed E-state index contributed by atoms with van der Waals surface area (Å²) in [5.74, 6) is 3.33. The molecule has 0 bridgehead atoms. The SMILES string of the molecule is COc1cc(NC2CC(C(C)C)C2)cc(OC)c1. The van der Waals surface area contributed by atoms with Crippen molar-refractivity contribution in [2.45, 2.75) is 32.7 Å². The van der Waals surface area contributed by atoms with Crippen LogP contribution in [0.25, 0.3) is 0 Å². The Labute approximate surface area is 109 Å². The molecule has 3 heteroatoms. The Morgan fingerprint density at radius 1 is 1.06 bits per heavy atom. The Bertz CT molecular complexity index is 375. The van der Waals surface area contributed by atoms with Gasteiger partial charge in [-0.05, 0) is 24.7 Å². The quantitative estimate of drug-likeness (QED) is 0.865. The van der Waals surface area contributed by atoms with Crippen molar-refractivity contribution in [3.05, 3.63) is 18.2 Å². The minimum absolute atomic E-state index is 0.592. The molecule has 0 saturated heterocycles. The molecule has 1 aromatic rings. The van der Waals surface area contributed by atoms with E-state index >= 15 is 0 Å². The van der Waals surface area contributed by atoms with Crippen molar-refractivity contribution in [1.82, 2.24) is 0 Å². The van der Waals surface area contributed by atoms with Crippen molar-refractivity contribution in [2.75, 3.05) is 19.5 Å².